The van der Waals surface area contributed by atoms with Crippen LogP contribution in [0.2, 0.25) is 0 Å². The molecule has 1 atom stereocenters. The van der Waals surface area contributed by atoms with E-state index in [2.05, 4.69) is 6.92 Å². The van der Waals surface area contributed by atoms with Gasteiger partial charge in [-0.05, 0) is 13.3 Å². The van der Waals surface area contributed by atoms with Gasteiger partial charge in [-0.25, -0.2) is 12.7 Å². The number of hydrogen-bond acceptors (Lipinski definition) is 3. The SMILES string of the molecule is CCS(=O)(=O)N1CCSC(C)CC1. The second-order valence-electron chi connectivity index (χ2n) is 3.27. The van der Waals surface area contributed by atoms with Gasteiger partial charge >= 0.3 is 0 Å². The maximum atomic E-state index is 11.5. The van der Waals surface area contributed by atoms with E-state index in [-0.39, 0.29) is 5.75 Å². The molecule has 78 valence electrons. The average molecular weight is 223 g/mol. The number of nitrogens with zero attached hydrogens (tertiary/aromatic N) is 1. The Kier molecular flexibility index (Phi) is 4.06. The summed E-state index contributed by atoms with van der Waals surface area (Å²) in [5.74, 6) is 1.16. The zero-order valence-electron chi connectivity index (χ0n) is 8.19. The van der Waals surface area contributed by atoms with E-state index in [9.17, 15) is 8.42 Å². The van der Waals surface area contributed by atoms with E-state index < -0.39 is 10.0 Å². The lowest BCUT2D eigenvalue weighted by Gasteiger charge is -2.18. The Labute approximate surface area is 84.9 Å². The Morgan fingerprint density at radius 2 is 2.15 bits per heavy atom. The van der Waals surface area contributed by atoms with Gasteiger partial charge in [0.1, 0.15) is 0 Å². The van der Waals surface area contributed by atoms with Crippen LogP contribution in [0.1, 0.15) is 20.3 Å². The maximum Gasteiger partial charge on any atom is 0.213 e. The minimum atomic E-state index is -2.95. The Morgan fingerprint density at radius 1 is 1.46 bits per heavy atom. The van der Waals surface area contributed by atoms with Gasteiger partial charge in [-0.15, -0.1) is 0 Å². The fourth-order valence-corrected chi connectivity index (χ4v) is 3.57. The molecule has 1 saturated heterocycles. The van der Waals surface area contributed by atoms with Gasteiger partial charge in [0.2, 0.25) is 10.0 Å². The summed E-state index contributed by atoms with van der Waals surface area (Å²) in [6, 6.07) is 0. The van der Waals surface area contributed by atoms with Crippen molar-refractivity contribution in [3.63, 3.8) is 0 Å². The Balaban J connectivity index is 2.61. The van der Waals surface area contributed by atoms with Crippen LogP contribution in [-0.2, 0) is 10.0 Å². The first-order valence-corrected chi connectivity index (χ1v) is 7.31. The second kappa shape index (κ2) is 4.66. The third-order valence-corrected chi connectivity index (χ3v) is 5.39. The maximum absolute atomic E-state index is 11.5. The van der Waals surface area contributed by atoms with Crippen LogP contribution in [0.25, 0.3) is 0 Å². The van der Waals surface area contributed by atoms with Gasteiger partial charge in [0.15, 0.2) is 0 Å². The zero-order valence-corrected chi connectivity index (χ0v) is 9.83. The van der Waals surface area contributed by atoms with Crippen LogP contribution in [-0.4, -0.2) is 42.6 Å². The predicted octanol–water partition coefficient (Wildman–Crippen LogP) is 1.16. The fourth-order valence-electron chi connectivity index (χ4n) is 1.34. The first-order valence-electron chi connectivity index (χ1n) is 4.65. The van der Waals surface area contributed by atoms with Crippen molar-refractivity contribution in [2.45, 2.75) is 25.5 Å². The van der Waals surface area contributed by atoms with Crippen molar-refractivity contribution < 1.29 is 8.42 Å². The van der Waals surface area contributed by atoms with Crippen molar-refractivity contribution in [2.75, 3.05) is 24.6 Å². The largest absolute Gasteiger partial charge is 0.213 e. The van der Waals surface area contributed by atoms with Crippen molar-refractivity contribution in [1.82, 2.24) is 4.31 Å². The van der Waals surface area contributed by atoms with Crippen LogP contribution in [0.4, 0.5) is 0 Å². The summed E-state index contributed by atoms with van der Waals surface area (Å²) in [6.07, 6.45) is 0.976. The molecule has 0 bridgehead atoms. The standard InChI is InChI=1S/C8H17NO2S2/c1-3-13(10,11)9-5-4-8(2)12-7-6-9/h8H,3-7H2,1-2H3. The van der Waals surface area contributed by atoms with E-state index in [4.69, 9.17) is 0 Å². The first kappa shape index (κ1) is 11.3. The Morgan fingerprint density at radius 3 is 2.77 bits per heavy atom. The number of sulfonamides is 1. The topological polar surface area (TPSA) is 37.4 Å². The van der Waals surface area contributed by atoms with Gasteiger partial charge in [-0.2, -0.15) is 11.8 Å². The minimum Gasteiger partial charge on any atom is -0.212 e. The van der Waals surface area contributed by atoms with Crippen LogP contribution in [0, 0.1) is 0 Å². The highest BCUT2D eigenvalue weighted by Gasteiger charge is 2.22. The monoisotopic (exact) mass is 223 g/mol. The highest BCUT2D eigenvalue weighted by molar-refractivity contribution is 8.00. The van der Waals surface area contributed by atoms with Gasteiger partial charge < -0.3 is 0 Å². The van der Waals surface area contributed by atoms with E-state index in [1.807, 2.05) is 11.8 Å². The van der Waals surface area contributed by atoms with Gasteiger partial charge in [0.05, 0.1) is 5.75 Å². The fraction of sp³-hybridized carbons (Fsp3) is 1.00. The molecule has 3 nitrogen and oxygen atoms in total. The summed E-state index contributed by atoms with van der Waals surface area (Å²) < 4.78 is 24.7. The first-order chi connectivity index (χ1) is 6.06. The van der Waals surface area contributed by atoms with Gasteiger partial charge in [-0.1, -0.05) is 6.92 Å². The lowest BCUT2D eigenvalue weighted by atomic mass is 10.3. The third kappa shape index (κ3) is 3.14. The molecule has 1 aliphatic rings. The van der Waals surface area contributed by atoms with Crippen molar-refractivity contribution in [2.24, 2.45) is 0 Å². The van der Waals surface area contributed by atoms with E-state index in [1.54, 1.807) is 11.2 Å². The minimum absolute atomic E-state index is 0.228. The zero-order chi connectivity index (χ0) is 9.90. The quantitative estimate of drug-likeness (QED) is 0.705. The van der Waals surface area contributed by atoms with Gasteiger partial charge in [0, 0.05) is 24.1 Å². The lowest BCUT2D eigenvalue weighted by molar-refractivity contribution is 0.430. The summed E-state index contributed by atoms with van der Waals surface area (Å²) in [6.45, 7) is 5.25. The summed E-state index contributed by atoms with van der Waals surface area (Å²) >= 11 is 1.86. The van der Waals surface area contributed by atoms with Crippen LogP contribution < -0.4 is 0 Å². The van der Waals surface area contributed by atoms with Crippen molar-refractivity contribution >= 4 is 21.8 Å². The number of rotatable bonds is 2. The van der Waals surface area contributed by atoms with Crippen molar-refractivity contribution in [3.05, 3.63) is 0 Å². The van der Waals surface area contributed by atoms with Crippen LogP contribution >= 0.6 is 11.8 Å². The molecular formula is C8H17NO2S2. The predicted molar refractivity (Wildman–Crippen MR) is 57.6 cm³/mol. The van der Waals surface area contributed by atoms with Gasteiger partial charge in [-0.3, -0.25) is 0 Å². The molecule has 1 heterocycles. The Bertz CT molecular complexity index is 251. The van der Waals surface area contributed by atoms with Crippen molar-refractivity contribution in [1.29, 1.82) is 0 Å². The van der Waals surface area contributed by atoms with Crippen LogP contribution in [0.3, 0.4) is 0 Å². The van der Waals surface area contributed by atoms with Crippen LogP contribution in [0.15, 0.2) is 0 Å². The van der Waals surface area contributed by atoms with E-state index in [0.717, 1.165) is 12.2 Å². The number of thioether (sulfide) groups is 1. The molecule has 0 amide bonds. The summed E-state index contributed by atoms with van der Waals surface area (Å²) in [4.78, 5) is 0. The molecule has 5 heteroatoms. The van der Waals surface area contributed by atoms with Gasteiger partial charge in [0.25, 0.3) is 0 Å². The highest BCUT2D eigenvalue weighted by Crippen LogP contribution is 2.20. The number of hydrogen-bond donors (Lipinski definition) is 0. The smallest absolute Gasteiger partial charge is 0.212 e. The second-order valence-corrected chi connectivity index (χ2v) is 7.07. The molecule has 0 radical (unpaired) electrons. The summed E-state index contributed by atoms with van der Waals surface area (Å²) in [7, 11) is -2.95. The third-order valence-electron chi connectivity index (χ3n) is 2.29. The van der Waals surface area contributed by atoms with E-state index in [1.165, 1.54) is 0 Å². The molecule has 1 unspecified atom stereocenters. The molecule has 0 aromatic carbocycles. The molecule has 0 spiro atoms. The average Bonchev–Trinajstić information content (AvgIpc) is 2.30. The summed E-state index contributed by atoms with van der Waals surface area (Å²) in [5, 5.41) is 0.594. The Hall–Kier alpha value is 0.260. The molecule has 1 fully saturated rings. The molecule has 1 rings (SSSR count). The summed E-state index contributed by atoms with van der Waals surface area (Å²) in [5.41, 5.74) is 0. The molecule has 1 aliphatic heterocycles. The van der Waals surface area contributed by atoms with Crippen LogP contribution in [0.5, 0.6) is 0 Å². The molecule has 0 N–H and O–H groups in total. The molecule has 0 saturated carbocycles. The van der Waals surface area contributed by atoms with E-state index in [0.29, 0.717) is 18.3 Å². The molecule has 13 heavy (non-hydrogen) atoms. The normalized spacial score (nSPS) is 27.1. The molecular weight excluding hydrogens is 206 g/mol. The van der Waals surface area contributed by atoms with Crippen molar-refractivity contribution in [3.8, 4) is 0 Å². The molecule has 0 aromatic heterocycles. The molecule has 0 aromatic rings. The molecule has 0 aliphatic carbocycles. The van der Waals surface area contributed by atoms with E-state index >= 15 is 0 Å². The lowest BCUT2D eigenvalue weighted by Crippen LogP contribution is -2.34. The highest BCUT2D eigenvalue weighted by atomic mass is 32.2.